The molecule has 0 aliphatic rings. The van der Waals surface area contributed by atoms with Gasteiger partial charge in [-0.05, 0) is 20.3 Å². The molecule has 124 valence electrons. The summed E-state index contributed by atoms with van der Waals surface area (Å²) < 4.78 is 1.83. The van der Waals surface area contributed by atoms with Crippen molar-refractivity contribution < 1.29 is 4.79 Å². The van der Waals surface area contributed by atoms with Gasteiger partial charge in [0.15, 0.2) is 5.65 Å². The number of fused-ring (bicyclic) bond motifs is 1. The normalized spacial score (nSPS) is 11.0. The van der Waals surface area contributed by atoms with Gasteiger partial charge in [0.05, 0.1) is 12.1 Å². The van der Waals surface area contributed by atoms with E-state index in [2.05, 4.69) is 15.4 Å². The zero-order valence-electron chi connectivity index (χ0n) is 14.3. The lowest BCUT2D eigenvalue weighted by atomic mass is 10.1. The van der Waals surface area contributed by atoms with E-state index in [0.717, 1.165) is 40.3 Å². The Morgan fingerprint density at radius 3 is 2.67 bits per heavy atom. The Morgan fingerprint density at radius 2 is 1.96 bits per heavy atom. The minimum Gasteiger partial charge on any atom is -0.356 e. The summed E-state index contributed by atoms with van der Waals surface area (Å²) in [6.07, 6.45) is 1.27. The summed E-state index contributed by atoms with van der Waals surface area (Å²) in [7, 11) is 0. The highest BCUT2D eigenvalue weighted by Crippen LogP contribution is 2.22. The summed E-state index contributed by atoms with van der Waals surface area (Å²) in [4.78, 5) is 16.7. The largest absolute Gasteiger partial charge is 0.356 e. The van der Waals surface area contributed by atoms with Crippen LogP contribution in [0.4, 0.5) is 0 Å². The van der Waals surface area contributed by atoms with Gasteiger partial charge >= 0.3 is 0 Å². The monoisotopic (exact) mass is 322 g/mol. The molecule has 0 saturated heterocycles. The quantitative estimate of drug-likeness (QED) is 0.785. The van der Waals surface area contributed by atoms with E-state index in [4.69, 9.17) is 0 Å². The minimum absolute atomic E-state index is 0.0274. The molecule has 0 aliphatic heterocycles. The zero-order valence-corrected chi connectivity index (χ0v) is 14.3. The molecule has 2 heterocycles. The predicted molar refractivity (Wildman–Crippen MR) is 94.9 cm³/mol. The topological polar surface area (TPSA) is 59.3 Å². The second-order valence-corrected chi connectivity index (χ2v) is 5.95. The van der Waals surface area contributed by atoms with E-state index in [1.54, 1.807) is 0 Å². The molecule has 3 aromatic rings. The van der Waals surface area contributed by atoms with Crippen LogP contribution in [0.1, 0.15) is 30.3 Å². The molecule has 0 aliphatic carbocycles. The number of rotatable bonds is 5. The minimum atomic E-state index is 0.0274. The van der Waals surface area contributed by atoms with Crippen molar-refractivity contribution in [1.29, 1.82) is 0 Å². The number of aromatic nitrogens is 3. The average molecular weight is 322 g/mol. The van der Waals surface area contributed by atoms with Crippen LogP contribution in [-0.4, -0.2) is 27.0 Å². The standard InChI is InChI=1S/C19H22N4O/c1-4-10-20-19(24)11-16-13(2)21-18-12-17(22-23(18)14(16)3)15-8-6-5-7-9-15/h5-9,12H,4,10-11H2,1-3H3,(H,20,24). The van der Waals surface area contributed by atoms with Gasteiger partial charge in [0, 0.05) is 35.1 Å². The summed E-state index contributed by atoms with van der Waals surface area (Å²) in [5.74, 6) is 0.0274. The fraction of sp³-hybridized carbons (Fsp3) is 0.316. The first-order valence-corrected chi connectivity index (χ1v) is 8.28. The van der Waals surface area contributed by atoms with Crippen molar-refractivity contribution >= 4 is 11.6 Å². The molecule has 0 radical (unpaired) electrons. The number of benzene rings is 1. The molecule has 0 fully saturated rings. The highest BCUT2D eigenvalue weighted by Gasteiger charge is 2.15. The Labute approximate surface area is 141 Å². The molecule has 24 heavy (non-hydrogen) atoms. The number of nitrogens with one attached hydrogen (secondary N) is 1. The van der Waals surface area contributed by atoms with Crippen LogP contribution in [-0.2, 0) is 11.2 Å². The molecule has 3 rings (SSSR count). The number of aryl methyl sites for hydroxylation is 2. The molecule has 5 nitrogen and oxygen atoms in total. The number of hydrogen-bond donors (Lipinski definition) is 1. The van der Waals surface area contributed by atoms with Crippen molar-refractivity contribution in [3.8, 4) is 11.3 Å². The van der Waals surface area contributed by atoms with Gasteiger partial charge in [-0.1, -0.05) is 37.3 Å². The van der Waals surface area contributed by atoms with Crippen molar-refractivity contribution in [1.82, 2.24) is 19.9 Å². The van der Waals surface area contributed by atoms with Gasteiger partial charge in [-0.2, -0.15) is 5.10 Å². The molecule has 1 aromatic carbocycles. The molecular weight excluding hydrogens is 300 g/mol. The summed E-state index contributed by atoms with van der Waals surface area (Å²) in [6.45, 7) is 6.68. The van der Waals surface area contributed by atoms with Gasteiger partial charge in [0.2, 0.25) is 5.91 Å². The van der Waals surface area contributed by atoms with Crippen molar-refractivity contribution in [3.63, 3.8) is 0 Å². The van der Waals surface area contributed by atoms with Crippen LogP contribution in [0.3, 0.4) is 0 Å². The second kappa shape index (κ2) is 6.83. The maximum absolute atomic E-state index is 12.1. The SMILES string of the molecule is CCCNC(=O)Cc1c(C)nc2cc(-c3ccccc3)nn2c1C. The van der Waals surface area contributed by atoms with Crippen LogP contribution in [0.25, 0.3) is 16.9 Å². The number of carbonyl (C=O) groups excluding carboxylic acids is 1. The second-order valence-electron chi connectivity index (χ2n) is 5.95. The van der Waals surface area contributed by atoms with Gasteiger partial charge in [-0.15, -0.1) is 0 Å². The van der Waals surface area contributed by atoms with E-state index < -0.39 is 0 Å². The van der Waals surface area contributed by atoms with Crippen molar-refractivity contribution in [2.45, 2.75) is 33.6 Å². The van der Waals surface area contributed by atoms with E-state index in [1.807, 2.05) is 61.7 Å². The Kier molecular flexibility index (Phi) is 4.60. The lowest BCUT2D eigenvalue weighted by Crippen LogP contribution is -2.26. The lowest BCUT2D eigenvalue weighted by Gasteiger charge is -2.11. The molecule has 0 spiro atoms. The molecule has 1 amide bonds. The number of amides is 1. The number of hydrogen-bond acceptors (Lipinski definition) is 3. The fourth-order valence-electron chi connectivity index (χ4n) is 2.82. The highest BCUT2D eigenvalue weighted by atomic mass is 16.1. The molecule has 0 saturated carbocycles. The highest BCUT2D eigenvalue weighted by molar-refractivity contribution is 5.79. The molecule has 5 heteroatoms. The van der Waals surface area contributed by atoms with E-state index >= 15 is 0 Å². The first-order chi connectivity index (χ1) is 11.6. The Morgan fingerprint density at radius 1 is 1.21 bits per heavy atom. The van der Waals surface area contributed by atoms with Crippen molar-refractivity contribution in [2.75, 3.05) is 6.54 Å². The number of nitrogens with zero attached hydrogens (tertiary/aromatic N) is 3. The maximum atomic E-state index is 12.1. The molecule has 0 unspecified atom stereocenters. The van der Waals surface area contributed by atoms with E-state index in [1.165, 1.54) is 0 Å². The summed E-state index contributed by atoms with van der Waals surface area (Å²) in [5, 5.41) is 7.59. The number of carbonyl (C=O) groups is 1. The van der Waals surface area contributed by atoms with Crippen molar-refractivity contribution in [3.05, 3.63) is 53.3 Å². The predicted octanol–water partition coefficient (Wildman–Crippen LogP) is 3.08. The Hall–Kier alpha value is -2.69. The van der Waals surface area contributed by atoms with Gasteiger partial charge in [0.1, 0.15) is 0 Å². The van der Waals surface area contributed by atoms with Crippen LogP contribution in [0, 0.1) is 13.8 Å². The molecule has 0 bridgehead atoms. The van der Waals surface area contributed by atoms with Gasteiger partial charge in [-0.25, -0.2) is 9.50 Å². The van der Waals surface area contributed by atoms with Crippen LogP contribution < -0.4 is 5.32 Å². The van der Waals surface area contributed by atoms with Gasteiger partial charge in [-0.3, -0.25) is 4.79 Å². The summed E-state index contributed by atoms with van der Waals surface area (Å²) in [5.41, 5.74) is 5.54. The smallest absolute Gasteiger partial charge is 0.224 e. The van der Waals surface area contributed by atoms with Crippen LogP contribution in [0.2, 0.25) is 0 Å². The average Bonchev–Trinajstić information content (AvgIpc) is 3.01. The van der Waals surface area contributed by atoms with Gasteiger partial charge in [0.25, 0.3) is 0 Å². The third-order valence-corrected chi connectivity index (χ3v) is 4.14. The zero-order chi connectivity index (χ0) is 17.1. The van der Waals surface area contributed by atoms with E-state index in [-0.39, 0.29) is 5.91 Å². The Balaban J connectivity index is 1.99. The Bertz CT molecular complexity index is 868. The maximum Gasteiger partial charge on any atom is 0.224 e. The van der Waals surface area contributed by atoms with Crippen molar-refractivity contribution in [2.24, 2.45) is 0 Å². The third-order valence-electron chi connectivity index (χ3n) is 4.14. The lowest BCUT2D eigenvalue weighted by molar-refractivity contribution is -0.120. The summed E-state index contributed by atoms with van der Waals surface area (Å²) >= 11 is 0. The van der Waals surface area contributed by atoms with Gasteiger partial charge < -0.3 is 5.32 Å². The van der Waals surface area contributed by atoms with E-state index in [9.17, 15) is 4.79 Å². The third kappa shape index (κ3) is 3.15. The first-order valence-electron chi connectivity index (χ1n) is 8.28. The molecule has 1 N–H and O–H groups in total. The van der Waals surface area contributed by atoms with Crippen LogP contribution >= 0.6 is 0 Å². The first kappa shape index (κ1) is 16.2. The molecular formula is C19H22N4O. The van der Waals surface area contributed by atoms with Crippen LogP contribution in [0.15, 0.2) is 36.4 Å². The summed E-state index contributed by atoms with van der Waals surface area (Å²) in [6, 6.07) is 12.0. The fourth-order valence-corrected chi connectivity index (χ4v) is 2.82. The van der Waals surface area contributed by atoms with Crippen LogP contribution in [0.5, 0.6) is 0 Å². The van der Waals surface area contributed by atoms with E-state index in [0.29, 0.717) is 13.0 Å². The molecule has 0 atom stereocenters. The molecule has 2 aromatic heterocycles.